The number of rotatable bonds is 11. The van der Waals surface area contributed by atoms with Crippen molar-refractivity contribution in [3.05, 3.63) is 29.8 Å². The van der Waals surface area contributed by atoms with E-state index in [1.54, 1.807) is 0 Å². The molecular weight excluding hydrogens is 354 g/mol. The first kappa shape index (κ1) is 22.2. The molecule has 0 aliphatic heterocycles. The summed E-state index contributed by atoms with van der Waals surface area (Å²) in [7, 11) is -1.01. The van der Waals surface area contributed by atoms with Gasteiger partial charge < -0.3 is 19.7 Å². The molecule has 0 aliphatic rings. The predicted molar refractivity (Wildman–Crippen MR) is 106 cm³/mol. The van der Waals surface area contributed by atoms with Gasteiger partial charge in [-0.2, -0.15) is 0 Å². The van der Waals surface area contributed by atoms with E-state index in [1.807, 2.05) is 50.1 Å². The molecule has 1 rings (SSSR count). The summed E-state index contributed by atoms with van der Waals surface area (Å²) in [5.74, 6) is 1.69. The van der Waals surface area contributed by atoms with Gasteiger partial charge in [-0.15, -0.1) is 0 Å². The second-order valence-electron chi connectivity index (χ2n) is 5.91. The minimum Gasteiger partial charge on any atom is -0.494 e. The molecule has 1 aromatic carbocycles. The Morgan fingerprint density at radius 2 is 1.88 bits per heavy atom. The van der Waals surface area contributed by atoms with E-state index >= 15 is 0 Å². The van der Waals surface area contributed by atoms with Crippen molar-refractivity contribution < 1.29 is 17.9 Å². The van der Waals surface area contributed by atoms with E-state index in [-0.39, 0.29) is 12.4 Å². The number of nitrogens with zero attached hydrogens (tertiary/aromatic N) is 2. The van der Waals surface area contributed by atoms with Crippen molar-refractivity contribution in [2.45, 2.75) is 20.4 Å². The highest BCUT2D eigenvalue weighted by Crippen LogP contribution is 2.13. The van der Waals surface area contributed by atoms with Crippen molar-refractivity contribution in [1.82, 2.24) is 10.2 Å². The van der Waals surface area contributed by atoms with Crippen LogP contribution in [-0.4, -0.2) is 71.2 Å². The normalized spacial score (nSPS) is 12.1. The number of ether oxygens (including phenoxy) is 2. The minimum absolute atomic E-state index is 0.0361. The summed E-state index contributed by atoms with van der Waals surface area (Å²) in [4.78, 5) is 6.56. The van der Waals surface area contributed by atoms with Crippen molar-refractivity contribution in [2.75, 3.05) is 52.0 Å². The quantitative estimate of drug-likeness (QED) is 0.354. The molecule has 0 unspecified atom stereocenters. The topological polar surface area (TPSA) is 80.2 Å². The van der Waals surface area contributed by atoms with Crippen molar-refractivity contribution in [1.29, 1.82) is 0 Å². The zero-order valence-electron chi connectivity index (χ0n) is 16.2. The lowest BCUT2D eigenvalue weighted by Gasteiger charge is -2.22. The zero-order chi connectivity index (χ0) is 19.4. The summed E-state index contributed by atoms with van der Waals surface area (Å²) in [6.45, 7) is 7.18. The highest BCUT2D eigenvalue weighted by molar-refractivity contribution is 7.90. The number of guanidine groups is 1. The Morgan fingerprint density at radius 1 is 1.19 bits per heavy atom. The molecule has 8 heteroatoms. The molecule has 0 radical (unpaired) electrons. The van der Waals surface area contributed by atoms with Crippen molar-refractivity contribution in [3.63, 3.8) is 0 Å². The van der Waals surface area contributed by atoms with Gasteiger partial charge in [0.1, 0.15) is 15.6 Å². The molecule has 1 aromatic rings. The summed E-state index contributed by atoms with van der Waals surface area (Å²) >= 11 is 0. The van der Waals surface area contributed by atoms with Gasteiger partial charge in [0.15, 0.2) is 5.96 Å². The van der Waals surface area contributed by atoms with E-state index in [0.717, 1.165) is 23.8 Å². The second kappa shape index (κ2) is 11.7. The average Bonchev–Trinajstić information content (AvgIpc) is 2.58. The summed E-state index contributed by atoms with van der Waals surface area (Å²) in [5, 5.41) is 3.25. The monoisotopic (exact) mass is 385 g/mol. The van der Waals surface area contributed by atoms with Crippen LogP contribution < -0.4 is 10.1 Å². The van der Waals surface area contributed by atoms with E-state index in [2.05, 4.69) is 10.3 Å². The van der Waals surface area contributed by atoms with Gasteiger partial charge >= 0.3 is 0 Å². The third-order valence-corrected chi connectivity index (χ3v) is 4.35. The van der Waals surface area contributed by atoms with Crippen molar-refractivity contribution in [3.8, 4) is 5.75 Å². The van der Waals surface area contributed by atoms with Crippen LogP contribution in [-0.2, 0) is 21.1 Å². The van der Waals surface area contributed by atoms with E-state index in [4.69, 9.17) is 9.47 Å². The summed E-state index contributed by atoms with van der Waals surface area (Å²) in [6.07, 6.45) is 1.20. The number of benzene rings is 1. The van der Waals surface area contributed by atoms with Gasteiger partial charge in [0.25, 0.3) is 0 Å². The lowest BCUT2D eigenvalue weighted by atomic mass is 10.2. The third kappa shape index (κ3) is 9.62. The molecule has 1 N–H and O–H groups in total. The number of sulfone groups is 1. The van der Waals surface area contributed by atoms with Gasteiger partial charge in [-0.1, -0.05) is 12.1 Å². The highest BCUT2D eigenvalue weighted by atomic mass is 32.2. The standard InChI is InChI=1S/C18H31N3O4S/c1-5-19-18(20-11-12-24-13-14-26(4,22)23)21(3)15-16-7-9-17(10-8-16)25-6-2/h7-10H,5-6,11-15H2,1-4H3,(H,19,20). The third-order valence-electron chi connectivity index (χ3n) is 3.45. The van der Waals surface area contributed by atoms with Gasteiger partial charge in [0.2, 0.25) is 0 Å². The summed E-state index contributed by atoms with van der Waals surface area (Å²) < 4.78 is 32.9. The van der Waals surface area contributed by atoms with Crippen molar-refractivity contribution in [2.24, 2.45) is 4.99 Å². The molecule has 0 atom stereocenters. The maximum atomic E-state index is 11.0. The van der Waals surface area contributed by atoms with Crippen LogP contribution in [0.4, 0.5) is 0 Å². The fourth-order valence-electron chi connectivity index (χ4n) is 2.20. The molecule has 0 saturated heterocycles. The van der Waals surface area contributed by atoms with Crippen LogP contribution in [0.25, 0.3) is 0 Å². The number of nitrogens with one attached hydrogen (secondary N) is 1. The fourth-order valence-corrected chi connectivity index (χ4v) is 2.63. The predicted octanol–water partition coefficient (Wildman–Crippen LogP) is 1.54. The van der Waals surface area contributed by atoms with Crippen LogP contribution in [0, 0.1) is 0 Å². The average molecular weight is 386 g/mol. The molecule has 0 heterocycles. The lowest BCUT2D eigenvalue weighted by Crippen LogP contribution is -2.38. The van der Waals surface area contributed by atoms with Gasteiger partial charge in [0, 0.05) is 26.4 Å². The molecule has 0 spiro atoms. The molecule has 0 bridgehead atoms. The first-order valence-corrected chi connectivity index (χ1v) is 10.9. The van der Waals surface area contributed by atoms with Crippen LogP contribution in [0.1, 0.15) is 19.4 Å². The molecular formula is C18H31N3O4S. The molecule has 0 aromatic heterocycles. The lowest BCUT2D eigenvalue weighted by molar-refractivity contribution is 0.157. The SMILES string of the molecule is CCNC(=NCCOCCS(C)(=O)=O)N(C)Cc1ccc(OCC)cc1. The Kier molecular flexibility index (Phi) is 10.0. The van der Waals surface area contributed by atoms with Gasteiger partial charge in [0.05, 0.1) is 32.1 Å². The summed E-state index contributed by atoms with van der Waals surface area (Å²) in [6, 6.07) is 8.01. The Labute approximate surface area is 157 Å². The van der Waals surface area contributed by atoms with Crippen LogP contribution in [0.5, 0.6) is 5.75 Å². The maximum Gasteiger partial charge on any atom is 0.194 e. The second-order valence-corrected chi connectivity index (χ2v) is 8.17. The van der Waals surface area contributed by atoms with Gasteiger partial charge in [-0.25, -0.2) is 8.42 Å². The van der Waals surface area contributed by atoms with Gasteiger partial charge in [-0.3, -0.25) is 4.99 Å². The first-order chi connectivity index (χ1) is 12.4. The fraction of sp³-hybridized carbons (Fsp3) is 0.611. The maximum absolute atomic E-state index is 11.0. The molecule has 0 saturated carbocycles. The Balaban J connectivity index is 2.50. The molecule has 26 heavy (non-hydrogen) atoms. The Bertz CT molecular complexity index is 645. The molecule has 0 aliphatic carbocycles. The van der Waals surface area contributed by atoms with E-state index in [0.29, 0.717) is 26.3 Å². The largest absolute Gasteiger partial charge is 0.494 e. The van der Waals surface area contributed by atoms with Crippen LogP contribution in [0.2, 0.25) is 0 Å². The Hall–Kier alpha value is -1.80. The van der Waals surface area contributed by atoms with E-state index in [1.165, 1.54) is 6.26 Å². The van der Waals surface area contributed by atoms with Crippen molar-refractivity contribution >= 4 is 15.8 Å². The highest BCUT2D eigenvalue weighted by Gasteiger charge is 2.07. The molecule has 0 fully saturated rings. The zero-order valence-corrected chi connectivity index (χ0v) is 17.0. The van der Waals surface area contributed by atoms with Crippen LogP contribution in [0.3, 0.4) is 0 Å². The molecule has 0 amide bonds. The summed E-state index contributed by atoms with van der Waals surface area (Å²) in [5.41, 5.74) is 1.16. The van der Waals surface area contributed by atoms with E-state index < -0.39 is 9.84 Å². The minimum atomic E-state index is -2.98. The molecule has 148 valence electrons. The number of hydrogen-bond donors (Lipinski definition) is 1. The number of hydrogen-bond acceptors (Lipinski definition) is 5. The van der Waals surface area contributed by atoms with E-state index in [9.17, 15) is 8.42 Å². The Morgan fingerprint density at radius 3 is 2.46 bits per heavy atom. The van der Waals surface area contributed by atoms with Crippen LogP contribution in [0.15, 0.2) is 29.3 Å². The van der Waals surface area contributed by atoms with Gasteiger partial charge in [-0.05, 0) is 31.5 Å². The molecule has 7 nitrogen and oxygen atoms in total. The first-order valence-electron chi connectivity index (χ1n) is 8.82. The number of aliphatic imine (C=N–C) groups is 1. The smallest absolute Gasteiger partial charge is 0.194 e. The van der Waals surface area contributed by atoms with Crippen LogP contribution >= 0.6 is 0 Å².